The highest BCUT2D eigenvalue weighted by Gasteiger charge is 2.15. The number of amides is 1. The Bertz CT molecular complexity index is 737. The first-order valence-corrected chi connectivity index (χ1v) is 8.70. The van der Waals surface area contributed by atoms with E-state index in [1.165, 1.54) is 17.7 Å². The largest absolute Gasteiger partial charge is 0.452 e. The normalized spacial score (nSPS) is 11.6. The lowest BCUT2D eigenvalue weighted by Gasteiger charge is -2.14. The second kappa shape index (κ2) is 9.32. The molecule has 0 spiro atoms. The van der Waals surface area contributed by atoms with Gasteiger partial charge in [-0.05, 0) is 59.5 Å². The first-order chi connectivity index (χ1) is 12.0. The highest BCUT2D eigenvalue weighted by molar-refractivity contribution is 9.10. The van der Waals surface area contributed by atoms with Crippen LogP contribution in [0.1, 0.15) is 29.3 Å². The van der Waals surface area contributed by atoms with Crippen molar-refractivity contribution in [1.82, 2.24) is 5.32 Å². The molecule has 0 radical (unpaired) electrons. The lowest BCUT2D eigenvalue weighted by Crippen LogP contribution is -2.36. The second-order valence-corrected chi connectivity index (χ2v) is 6.55. The summed E-state index contributed by atoms with van der Waals surface area (Å²) in [5.41, 5.74) is 1.25. The monoisotopic (exact) mass is 407 g/mol. The highest BCUT2D eigenvalue weighted by atomic mass is 79.9. The van der Waals surface area contributed by atoms with Crippen molar-refractivity contribution in [3.63, 3.8) is 0 Å². The Labute approximate surface area is 154 Å². The van der Waals surface area contributed by atoms with Gasteiger partial charge in [0.2, 0.25) is 0 Å². The molecule has 0 aromatic heterocycles. The van der Waals surface area contributed by atoms with E-state index in [9.17, 15) is 14.0 Å². The summed E-state index contributed by atoms with van der Waals surface area (Å²) in [4.78, 5) is 23.8. The van der Waals surface area contributed by atoms with Crippen LogP contribution in [0.3, 0.4) is 0 Å². The van der Waals surface area contributed by atoms with Crippen LogP contribution in [0, 0.1) is 5.82 Å². The molecular weight excluding hydrogens is 389 g/mol. The molecule has 1 N–H and O–H groups in total. The molecule has 0 fully saturated rings. The van der Waals surface area contributed by atoms with Crippen molar-refractivity contribution in [3.05, 3.63) is 69.9 Å². The number of hydrogen-bond donors (Lipinski definition) is 1. The van der Waals surface area contributed by atoms with E-state index >= 15 is 0 Å². The first-order valence-electron chi connectivity index (χ1n) is 7.91. The van der Waals surface area contributed by atoms with Gasteiger partial charge in [0.25, 0.3) is 5.91 Å². The zero-order chi connectivity index (χ0) is 18.2. The van der Waals surface area contributed by atoms with Crippen LogP contribution in [0.5, 0.6) is 0 Å². The van der Waals surface area contributed by atoms with E-state index in [0.29, 0.717) is 4.47 Å². The number of carbonyl (C=O) groups is 2. The fourth-order valence-electron chi connectivity index (χ4n) is 2.28. The van der Waals surface area contributed by atoms with Crippen molar-refractivity contribution in [2.45, 2.75) is 25.8 Å². The van der Waals surface area contributed by atoms with E-state index in [4.69, 9.17) is 4.74 Å². The van der Waals surface area contributed by atoms with Gasteiger partial charge in [-0.2, -0.15) is 0 Å². The van der Waals surface area contributed by atoms with E-state index in [2.05, 4.69) is 21.2 Å². The average molecular weight is 408 g/mol. The SMILES string of the molecule is C[C@H](CCc1ccccc1)NC(=O)COC(=O)c1cc(F)ccc1Br. The molecule has 1 amide bonds. The van der Waals surface area contributed by atoms with Gasteiger partial charge in [-0.15, -0.1) is 0 Å². The average Bonchev–Trinajstić information content (AvgIpc) is 2.61. The Morgan fingerprint density at radius 3 is 2.64 bits per heavy atom. The third-order valence-electron chi connectivity index (χ3n) is 3.60. The van der Waals surface area contributed by atoms with Crippen LogP contribution in [-0.2, 0) is 16.0 Å². The summed E-state index contributed by atoms with van der Waals surface area (Å²) in [6.07, 6.45) is 1.62. The van der Waals surface area contributed by atoms with Crippen LogP contribution < -0.4 is 5.32 Å². The van der Waals surface area contributed by atoms with E-state index in [1.54, 1.807) is 0 Å². The van der Waals surface area contributed by atoms with Crippen molar-refractivity contribution < 1.29 is 18.7 Å². The minimum Gasteiger partial charge on any atom is -0.452 e. The standard InChI is InChI=1S/C19H19BrFNO3/c1-13(7-8-14-5-3-2-4-6-14)22-18(23)12-25-19(24)16-11-15(21)9-10-17(16)20/h2-6,9-11,13H,7-8,12H2,1H3,(H,22,23)/t13-/m1/s1. The summed E-state index contributed by atoms with van der Waals surface area (Å²) in [6.45, 7) is 1.49. The predicted molar refractivity (Wildman–Crippen MR) is 96.8 cm³/mol. The maximum absolute atomic E-state index is 13.2. The Morgan fingerprint density at radius 2 is 1.92 bits per heavy atom. The Hall–Kier alpha value is -2.21. The van der Waals surface area contributed by atoms with Crippen molar-refractivity contribution in [3.8, 4) is 0 Å². The molecule has 0 unspecified atom stereocenters. The van der Waals surface area contributed by atoms with Crippen molar-refractivity contribution in [2.24, 2.45) is 0 Å². The smallest absolute Gasteiger partial charge is 0.339 e. The van der Waals surface area contributed by atoms with Crippen LogP contribution in [0.2, 0.25) is 0 Å². The third-order valence-corrected chi connectivity index (χ3v) is 4.29. The van der Waals surface area contributed by atoms with Crippen LogP contribution in [0.4, 0.5) is 4.39 Å². The molecule has 1 atom stereocenters. The highest BCUT2D eigenvalue weighted by Crippen LogP contribution is 2.18. The molecule has 0 aliphatic heterocycles. The molecule has 2 aromatic rings. The molecule has 6 heteroatoms. The first kappa shape index (κ1) is 19.1. The summed E-state index contributed by atoms with van der Waals surface area (Å²) in [7, 11) is 0. The van der Waals surface area contributed by atoms with Gasteiger partial charge in [0, 0.05) is 10.5 Å². The number of rotatable bonds is 7. The second-order valence-electron chi connectivity index (χ2n) is 5.69. The summed E-state index contributed by atoms with van der Waals surface area (Å²) >= 11 is 3.15. The van der Waals surface area contributed by atoms with Gasteiger partial charge >= 0.3 is 5.97 Å². The van der Waals surface area contributed by atoms with Crippen LogP contribution in [0.25, 0.3) is 0 Å². The molecule has 0 aliphatic carbocycles. The number of nitrogens with one attached hydrogen (secondary N) is 1. The van der Waals surface area contributed by atoms with Gasteiger partial charge in [-0.1, -0.05) is 30.3 Å². The van der Waals surface area contributed by atoms with Gasteiger partial charge in [-0.25, -0.2) is 9.18 Å². The Balaban J connectivity index is 1.76. The van der Waals surface area contributed by atoms with Gasteiger partial charge < -0.3 is 10.1 Å². The number of benzene rings is 2. The maximum Gasteiger partial charge on any atom is 0.339 e. The summed E-state index contributed by atoms with van der Waals surface area (Å²) < 4.78 is 18.5. The minimum absolute atomic E-state index is 0.0462. The van der Waals surface area contributed by atoms with Crippen molar-refractivity contribution >= 4 is 27.8 Å². The minimum atomic E-state index is -0.751. The summed E-state index contributed by atoms with van der Waals surface area (Å²) in [5.74, 6) is -1.69. The van der Waals surface area contributed by atoms with Crippen LogP contribution in [0.15, 0.2) is 53.0 Å². The molecule has 25 heavy (non-hydrogen) atoms. The molecule has 2 aromatic carbocycles. The molecule has 2 rings (SSSR count). The van der Waals surface area contributed by atoms with Gasteiger partial charge in [0.15, 0.2) is 6.61 Å². The lowest BCUT2D eigenvalue weighted by atomic mass is 10.1. The number of halogens is 2. The maximum atomic E-state index is 13.2. The van der Waals surface area contributed by atoms with E-state index in [-0.39, 0.29) is 17.5 Å². The molecule has 0 heterocycles. The lowest BCUT2D eigenvalue weighted by molar-refractivity contribution is -0.124. The van der Waals surface area contributed by atoms with Crippen LogP contribution >= 0.6 is 15.9 Å². The molecule has 0 bridgehead atoms. The van der Waals surface area contributed by atoms with Crippen molar-refractivity contribution in [2.75, 3.05) is 6.61 Å². The molecule has 0 saturated heterocycles. The topological polar surface area (TPSA) is 55.4 Å². The molecular formula is C19H19BrFNO3. The quantitative estimate of drug-likeness (QED) is 0.708. The Kier molecular flexibility index (Phi) is 7.13. The Morgan fingerprint density at radius 1 is 1.20 bits per heavy atom. The van der Waals surface area contributed by atoms with E-state index < -0.39 is 18.4 Å². The van der Waals surface area contributed by atoms with Gasteiger partial charge in [0.1, 0.15) is 5.82 Å². The van der Waals surface area contributed by atoms with E-state index in [1.807, 2.05) is 37.3 Å². The number of carbonyl (C=O) groups excluding carboxylic acids is 2. The van der Waals surface area contributed by atoms with Crippen LogP contribution in [-0.4, -0.2) is 24.5 Å². The summed E-state index contributed by atoms with van der Waals surface area (Å²) in [6, 6.07) is 13.6. The third kappa shape index (κ3) is 6.31. The summed E-state index contributed by atoms with van der Waals surface area (Å²) in [5, 5.41) is 2.78. The zero-order valence-electron chi connectivity index (χ0n) is 13.8. The molecule has 132 valence electrons. The number of esters is 1. The fraction of sp³-hybridized carbons (Fsp3) is 0.263. The molecule has 4 nitrogen and oxygen atoms in total. The molecule has 0 aliphatic rings. The number of aryl methyl sites for hydroxylation is 1. The van der Waals surface area contributed by atoms with Crippen molar-refractivity contribution in [1.29, 1.82) is 0 Å². The van der Waals surface area contributed by atoms with Gasteiger partial charge in [0.05, 0.1) is 5.56 Å². The van der Waals surface area contributed by atoms with Gasteiger partial charge in [-0.3, -0.25) is 4.79 Å². The van der Waals surface area contributed by atoms with E-state index in [0.717, 1.165) is 18.9 Å². The predicted octanol–water partition coefficient (Wildman–Crippen LogP) is 3.88. The zero-order valence-corrected chi connectivity index (χ0v) is 15.4. The number of hydrogen-bond acceptors (Lipinski definition) is 3. The fourth-order valence-corrected chi connectivity index (χ4v) is 2.69. The number of ether oxygens (including phenoxy) is 1. The molecule has 0 saturated carbocycles.